The van der Waals surface area contributed by atoms with Crippen molar-refractivity contribution in [1.29, 1.82) is 0 Å². The van der Waals surface area contributed by atoms with Crippen LogP contribution in [0.15, 0.2) is 36.4 Å². The third-order valence-electron chi connectivity index (χ3n) is 4.46. The number of ether oxygens (including phenoxy) is 4. The summed E-state index contributed by atoms with van der Waals surface area (Å²) in [5.74, 6) is 7.88. The van der Waals surface area contributed by atoms with Gasteiger partial charge in [-0.25, -0.2) is 0 Å². The van der Waals surface area contributed by atoms with Gasteiger partial charge in [-0.2, -0.15) is 0 Å². The van der Waals surface area contributed by atoms with Crippen LogP contribution in [0.1, 0.15) is 29.8 Å². The standard InChI is InChI=1S/C23H25NO5/c1-23(2)15-16-9-7-12-19(20(16)29-23)28-14-6-5-13-24-22(25)17-10-8-11-18(26-3)21(17)27-4/h7-12H,13-15H2,1-4H3,(H,24,25). The van der Waals surface area contributed by atoms with Gasteiger partial charge in [0, 0.05) is 12.0 Å². The molecule has 6 heteroatoms. The molecule has 152 valence electrons. The molecule has 1 N–H and O–H groups in total. The average molecular weight is 395 g/mol. The Morgan fingerprint density at radius 2 is 1.86 bits per heavy atom. The van der Waals surface area contributed by atoms with Gasteiger partial charge in [-0.05, 0) is 32.0 Å². The summed E-state index contributed by atoms with van der Waals surface area (Å²) in [6.07, 6.45) is 0.852. The van der Waals surface area contributed by atoms with Crippen LogP contribution in [0.5, 0.6) is 23.0 Å². The lowest BCUT2D eigenvalue weighted by Crippen LogP contribution is -2.24. The SMILES string of the molecule is COc1cccc(C(=O)NCC#CCOc2cccc3c2OC(C)(C)C3)c1OC. The van der Waals surface area contributed by atoms with Crippen LogP contribution >= 0.6 is 0 Å². The van der Waals surface area contributed by atoms with Crippen LogP contribution in [0.4, 0.5) is 0 Å². The number of carbonyl (C=O) groups is 1. The number of amides is 1. The Morgan fingerprint density at radius 1 is 1.10 bits per heavy atom. The molecular weight excluding hydrogens is 370 g/mol. The number of para-hydroxylation sites is 2. The van der Waals surface area contributed by atoms with Gasteiger partial charge in [0.05, 0.1) is 26.3 Å². The number of benzene rings is 2. The molecule has 0 aliphatic carbocycles. The van der Waals surface area contributed by atoms with Gasteiger partial charge in [0.2, 0.25) is 0 Å². The molecule has 2 aromatic carbocycles. The number of hydrogen-bond acceptors (Lipinski definition) is 5. The van der Waals surface area contributed by atoms with Crippen LogP contribution in [-0.2, 0) is 6.42 Å². The van der Waals surface area contributed by atoms with E-state index in [1.165, 1.54) is 14.2 Å². The highest BCUT2D eigenvalue weighted by molar-refractivity contribution is 5.97. The van der Waals surface area contributed by atoms with Crippen molar-refractivity contribution in [3.8, 4) is 34.8 Å². The maximum absolute atomic E-state index is 12.4. The Labute approximate surface area is 171 Å². The van der Waals surface area contributed by atoms with Crippen molar-refractivity contribution in [1.82, 2.24) is 5.32 Å². The first-order valence-corrected chi connectivity index (χ1v) is 9.34. The van der Waals surface area contributed by atoms with Crippen LogP contribution < -0.4 is 24.3 Å². The molecule has 0 spiro atoms. The van der Waals surface area contributed by atoms with Crippen molar-refractivity contribution in [3.63, 3.8) is 0 Å². The normalized spacial score (nSPS) is 13.4. The minimum atomic E-state index is -0.285. The molecular formula is C23H25NO5. The van der Waals surface area contributed by atoms with E-state index in [2.05, 4.69) is 31.0 Å². The Bertz CT molecular complexity index is 955. The molecule has 1 aliphatic heterocycles. The van der Waals surface area contributed by atoms with Gasteiger partial charge in [-0.1, -0.05) is 30.0 Å². The zero-order chi connectivity index (χ0) is 20.9. The molecule has 2 aromatic rings. The minimum Gasteiger partial charge on any atom is -0.493 e. The molecule has 0 unspecified atom stereocenters. The molecule has 0 fully saturated rings. The molecule has 0 aromatic heterocycles. The second-order valence-electron chi connectivity index (χ2n) is 7.15. The summed E-state index contributed by atoms with van der Waals surface area (Å²) in [5.41, 5.74) is 1.31. The average Bonchev–Trinajstić information content (AvgIpc) is 3.04. The Morgan fingerprint density at radius 3 is 2.62 bits per heavy atom. The minimum absolute atomic E-state index is 0.193. The number of carbonyl (C=O) groups excluding carboxylic acids is 1. The van der Waals surface area contributed by atoms with Crippen LogP contribution in [0.25, 0.3) is 0 Å². The summed E-state index contributed by atoms with van der Waals surface area (Å²) < 4.78 is 22.2. The van der Waals surface area contributed by atoms with E-state index in [4.69, 9.17) is 18.9 Å². The van der Waals surface area contributed by atoms with E-state index in [0.717, 1.165) is 17.7 Å². The van der Waals surface area contributed by atoms with Gasteiger partial charge in [0.1, 0.15) is 12.2 Å². The second-order valence-corrected chi connectivity index (χ2v) is 7.15. The molecule has 1 heterocycles. The van der Waals surface area contributed by atoms with Crippen molar-refractivity contribution in [2.24, 2.45) is 0 Å². The number of hydrogen-bond donors (Lipinski definition) is 1. The van der Waals surface area contributed by atoms with E-state index in [1.807, 2.05) is 18.2 Å². The number of methoxy groups -OCH3 is 2. The summed E-state index contributed by atoms with van der Waals surface area (Å²) in [6, 6.07) is 11.0. The highest BCUT2D eigenvalue weighted by Crippen LogP contribution is 2.41. The maximum Gasteiger partial charge on any atom is 0.255 e. The maximum atomic E-state index is 12.4. The third kappa shape index (κ3) is 4.75. The lowest BCUT2D eigenvalue weighted by atomic mass is 10.0. The lowest BCUT2D eigenvalue weighted by molar-refractivity contribution is 0.0955. The lowest BCUT2D eigenvalue weighted by Gasteiger charge is -2.17. The summed E-state index contributed by atoms with van der Waals surface area (Å²) in [6.45, 7) is 4.50. The first-order valence-electron chi connectivity index (χ1n) is 9.34. The van der Waals surface area contributed by atoms with Crippen LogP contribution in [0.3, 0.4) is 0 Å². The first-order chi connectivity index (χ1) is 13.9. The van der Waals surface area contributed by atoms with Gasteiger partial charge >= 0.3 is 0 Å². The van der Waals surface area contributed by atoms with E-state index < -0.39 is 0 Å². The molecule has 6 nitrogen and oxygen atoms in total. The van der Waals surface area contributed by atoms with Gasteiger partial charge in [-0.15, -0.1) is 0 Å². The first kappa shape index (κ1) is 20.4. The van der Waals surface area contributed by atoms with Gasteiger partial charge in [0.15, 0.2) is 23.0 Å². The highest BCUT2D eigenvalue weighted by Gasteiger charge is 2.32. The van der Waals surface area contributed by atoms with E-state index in [-0.39, 0.29) is 24.7 Å². The summed E-state index contributed by atoms with van der Waals surface area (Å²) in [5, 5.41) is 2.75. The van der Waals surface area contributed by atoms with Gasteiger partial charge < -0.3 is 24.3 Å². The Hall–Kier alpha value is -3.33. The molecule has 0 bridgehead atoms. The summed E-state index contributed by atoms with van der Waals surface area (Å²) in [4.78, 5) is 12.4. The summed E-state index contributed by atoms with van der Waals surface area (Å²) >= 11 is 0. The van der Waals surface area contributed by atoms with Crippen LogP contribution in [0, 0.1) is 11.8 Å². The second kappa shape index (κ2) is 8.78. The zero-order valence-corrected chi connectivity index (χ0v) is 17.1. The zero-order valence-electron chi connectivity index (χ0n) is 17.1. The van der Waals surface area contributed by atoms with Crippen LogP contribution in [-0.4, -0.2) is 38.9 Å². The van der Waals surface area contributed by atoms with Crippen molar-refractivity contribution >= 4 is 5.91 Å². The molecule has 0 saturated heterocycles. The largest absolute Gasteiger partial charge is 0.493 e. The Kier molecular flexibility index (Phi) is 6.18. The van der Waals surface area contributed by atoms with E-state index in [9.17, 15) is 4.79 Å². The molecule has 1 aliphatic rings. The molecule has 3 rings (SSSR count). The monoisotopic (exact) mass is 395 g/mol. The topological polar surface area (TPSA) is 66.0 Å². The quantitative estimate of drug-likeness (QED) is 0.761. The fourth-order valence-electron chi connectivity index (χ4n) is 3.21. The number of fused-ring (bicyclic) bond motifs is 1. The fraction of sp³-hybridized carbons (Fsp3) is 0.348. The predicted molar refractivity (Wildman–Crippen MR) is 110 cm³/mol. The Balaban J connectivity index is 1.53. The van der Waals surface area contributed by atoms with E-state index in [0.29, 0.717) is 22.8 Å². The molecule has 0 atom stereocenters. The molecule has 1 amide bonds. The predicted octanol–water partition coefficient (Wildman–Crippen LogP) is 3.23. The van der Waals surface area contributed by atoms with Crippen molar-refractivity contribution < 1.29 is 23.7 Å². The fourth-order valence-corrected chi connectivity index (χ4v) is 3.21. The molecule has 0 saturated carbocycles. The third-order valence-corrected chi connectivity index (χ3v) is 4.46. The van der Waals surface area contributed by atoms with Crippen molar-refractivity contribution in [3.05, 3.63) is 47.5 Å². The number of rotatable bonds is 6. The van der Waals surface area contributed by atoms with E-state index in [1.54, 1.807) is 18.2 Å². The van der Waals surface area contributed by atoms with Gasteiger partial charge in [-0.3, -0.25) is 4.79 Å². The van der Waals surface area contributed by atoms with E-state index >= 15 is 0 Å². The molecule has 0 radical (unpaired) electrons. The van der Waals surface area contributed by atoms with Gasteiger partial charge in [0.25, 0.3) is 5.91 Å². The smallest absolute Gasteiger partial charge is 0.255 e. The van der Waals surface area contributed by atoms with Crippen molar-refractivity contribution in [2.45, 2.75) is 25.9 Å². The number of nitrogens with one attached hydrogen (secondary N) is 1. The highest BCUT2D eigenvalue weighted by atomic mass is 16.5. The molecule has 29 heavy (non-hydrogen) atoms. The van der Waals surface area contributed by atoms with Crippen LogP contribution in [0.2, 0.25) is 0 Å². The van der Waals surface area contributed by atoms with Crippen molar-refractivity contribution in [2.75, 3.05) is 27.4 Å². The summed E-state index contributed by atoms with van der Waals surface area (Å²) in [7, 11) is 3.02.